The standard InChI is InChI=1S/2C36H51P.Ni/c2*1-33(2,3)26-18-24(19-27(22-26)34(4,5)6)30-16-15-17-31(32(30)37(13)14)25-20-28(35(7,8)9)23-29(21-25)36(10,11)12;/h2*15-23H,1-14H3;/p+2. The predicted octanol–water partition coefficient (Wildman–Crippen LogP) is 20.6. The average molecular weight is 1090 g/mol. The van der Waals surface area contributed by atoms with Crippen LogP contribution in [0.4, 0.5) is 0 Å². The molecule has 3 heteroatoms. The van der Waals surface area contributed by atoms with Gasteiger partial charge in [0, 0.05) is 54.6 Å². The Morgan fingerprint density at radius 1 is 0.227 bits per heavy atom. The average Bonchev–Trinajstić information content (AvgIpc) is 3.25. The predicted molar refractivity (Wildman–Crippen MR) is 344 cm³/mol. The summed E-state index contributed by atoms with van der Waals surface area (Å²) in [5.74, 6) is 0. The first-order valence-electron chi connectivity index (χ1n) is 27.9. The second kappa shape index (κ2) is 22.8. The smallest absolute Gasteiger partial charge is 0.0607 e. The van der Waals surface area contributed by atoms with Crippen molar-refractivity contribution in [1.82, 2.24) is 0 Å². The second-order valence-electron chi connectivity index (χ2n) is 30.7. The molecule has 0 aliphatic rings. The second-order valence-corrected chi connectivity index (χ2v) is 35.7. The summed E-state index contributed by atoms with van der Waals surface area (Å²) >= 11 is 0. The van der Waals surface area contributed by atoms with Crippen LogP contribution in [-0.4, -0.2) is 26.7 Å². The third kappa shape index (κ3) is 15.9. The molecule has 0 atom stereocenters. The quantitative estimate of drug-likeness (QED) is 0.115. The molecule has 0 saturated heterocycles. The molecule has 0 fully saturated rings. The first-order chi connectivity index (χ1) is 33.4. The van der Waals surface area contributed by atoms with Crippen molar-refractivity contribution in [1.29, 1.82) is 0 Å². The molecule has 0 unspecified atom stereocenters. The molecular weight excluding hydrogens is 985 g/mol. The van der Waals surface area contributed by atoms with Crippen LogP contribution in [0.1, 0.15) is 211 Å². The molecule has 0 nitrogen and oxygen atoms in total. The maximum absolute atomic E-state index is 2.45. The maximum Gasteiger partial charge on any atom is 0.106 e. The molecule has 0 amide bonds. The van der Waals surface area contributed by atoms with Crippen LogP contribution in [0.25, 0.3) is 44.5 Å². The van der Waals surface area contributed by atoms with E-state index in [0.29, 0.717) is 0 Å². The Hall–Kier alpha value is -3.33. The summed E-state index contributed by atoms with van der Waals surface area (Å²) in [6, 6.07) is 43.4. The molecule has 410 valence electrons. The van der Waals surface area contributed by atoms with Crippen molar-refractivity contribution < 1.29 is 16.5 Å². The molecule has 0 radical (unpaired) electrons. The Morgan fingerprint density at radius 2 is 0.360 bits per heavy atom. The summed E-state index contributed by atoms with van der Waals surface area (Å²) in [7, 11) is -1.51. The molecule has 0 saturated carbocycles. The molecule has 6 rings (SSSR count). The summed E-state index contributed by atoms with van der Waals surface area (Å²) in [5.41, 5.74) is 23.2. The van der Waals surface area contributed by atoms with Crippen molar-refractivity contribution in [3.63, 3.8) is 0 Å². The monoisotopic (exact) mass is 1090 g/mol. The number of hydrogen-bond acceptors (Lipinski definition) is 0. The first kappa shape index (κ1) is 64.2. The van der Waals surface area contributed by atoms with Crippen molar-refractivity contribution in [2.75, 3.05) is 26.7 Å². The van der Waals surface area contributed by atoms with Crippen LogP contribution in [0.3, 0.4) is 0 Å². The van der Waals surface area contributed by atoms with E-state index < -0.39 is 15.8 Å². The third-order valence-electron chi connectivity index (χ3n) is 15.0. The van der Waals surface area contributed by atoms with Gasteiger partial charge in [0.1, 0.15) is 10.6 Å². The minimum absolute atomic E-state index is 0. The van der Waals surface area contributed by atoms with Gasteiger partial charge in [-0.3, -0.25) is 0 Å². The van der Waals surface area contributed by atoms with E-state index in [1.807, 2.05) is 0 Å². The Balaban J connectivity index is 0.000000320. The Bertz CT molecular complexity index is 2420. The van der Waals surface area contributed by atoms with Gasteiger partial charge < -0.3 is 0 Å². The van der Waals surface area contributed by atoms with Gasteiger partial charge in [-0.1, -0.05) is 275 Å². The SMILES string of the molecule is C[PH+](C)c1c(-c2cc(C(C)(C)C)cc(C(C)(C)C)c2)cccc1-c1cc(C(C)(C)C)cc(C(C)(C)C)c1.C[PH+](C)c1c(-c2cc(C(C)(C)C)cc(C(C)(C)C)c2)cccc1-c1cc(C(C)(C)C)cc(C(C)(C)C)c1.[Ni]. The summed E-state index contributed by atoms with van der Waals surface area (Å²) in [4.78, 5) is 0. The number of benzene rings is 6. The van der Waals surface area contributed by atoms with Gasteiger partial charge in [-0.15, -0.1) is 0 Å². The molecule has 0 heterocycles. The van der Waals surface area contributed by atoms with E-state index in [2.05, 4.69) is 302 Å². The fourth-order valence-corrected chi connectivity index (χ4v) is 12.8. The van der Waals surface area contributed by atoms with Crippen LogP contribution in [0.2, 0.25) is 0 Å². The first-order valence-corrected chi connectivity index (χ1v) is 32.9. The molecule has 0 N–H and O–H groups in total. The molecule has 0 bridgehead atoms. The Labute approximate surface area is 474 Å². The van der Waals surface area contributed by atoms with Crippen LogP contribution in [0.5, 0.6) is 0 Å². The summed E-state index contributed by atoms with van der Waals surface area (Å²) < 4.78 is 0. The largest absolute Gasteiger partial charge is 0.106 e. The van der Waals surface area contributed by atoms with Gasteiger partial charge >= 0.3 is 0 Å². The van der Waals surface area contributed by atoms with E-state index in [1.54, 1.807) is 10.6 Å². The fourth-order valence-electron chi connectivity index (χ4n) is 9.74. The molecule has 0 aliphatic heterocycles. The Kier molecular flexibility index (Phi) is 19.5. The summed E-state index contributed by atoms with van der Waals surface area (Å²) in [6.45, 7) is 65.7. The van der Waals surface area contributed by atoms with Crippen molar-refractivity contribution in [2.45, 2.75) is 209 Å². The van der Waals surface area contributed by atoms with E-state index >= 15 is 0 Å². The van der Waals surface area contributed by atoms with Gasteiger partial charge in [-0.25, -0.2) is 0 Å². The van der Waals surface area contributed by atoms with E-state index in [0.717, 1.165) is 0 Å². The normalized spacial score (nSPS) is 13.2. The van der Waals surface area contributed by atoms with Gasteiger partial charge in [0.05, 0.1) is 26.7 Å². The zero-order valence-electron chi connectivity index (χ0n) is 52.7. The van der Waals surface area contributed by atoms with Crippen LogP contribution in [0.15, 0.2) is 109 Å². The molecule has 75 heavy (non-hydrogen) atoms. The molecule has 0 aliphatic carbocycles. The minimum Gasteiger partial charge on any atom is -0.0607 e. The zero-order valence-corrected chi connectivity index (χ0v) is 55.7. The van der Waals surface area contributed by atoms with E-state index in [-0.39, 0.29) is 59.8 Å². The van der Waals surface area contributed by atoms with E-state index in [9.17, 15) is 0 Å². The topological polar surface area (TPSA) is 0 Å². The van der Waals surface area contributed by atoms with Crippen LogP contribution < -0.4 is 10.6 Å². The van der Waals surface area contributed by atoms with Gasteiger partial charge in [0.2, 0.25) is 0 Å². The number of hydrogen-bond donors (Lipinski definition) is 0. The van der Waals surface area contributed by atoms with E-state index in [1.165, 1.54) is 89.0 Å². The van der Waals surface area contributed by atoms with Crippen molar-refractivity contribution in [2.24, 2.45) is 0 Å². The summed E-state index contributed by atoms with van der Waals surface area (Å²) in [6.07, 6.45) is 0. The molecule has 0 aromatic heterocycles. The minimum atomic E-state index is -0.757. The van der Waals surface area contributed by atoms with Gasteiger partial charge in [-0.2, -0.15) is 0 Å². The Morgan fingerprint density at radius 3 is 0.467 bits per heavy atom. The maximum atomic E-state index is 2.45. The summed E-state index contributed by atoms with van der Waals surface area (Å²) in [5, 5.41) is 3.09. The van der Waals surface area contributed by atoms with Gasteiger partial charge in [-0.05, 0) is 110 Å². The number of rotatable bonds is 6. The van der Waals surface area contributed by atoms with Gasteiger partial charge in [0.25, 0.3) is 0 Å². The molecule has 0 spiro atoms. The van der Waals surface area contributed by atoms with Crippen LogP contribution >= 0.6 is 15.8 Å². The third-order valence-corrected chi connectivity index (χ3v) is 18.1. The van der Waals surface area contributed by atoms with E-state index in [4.69, 9.17) is 0 Å². The van der Waals surface area contributed by atoms with Crippen LogP contribution in [-0.2, 0) is 59.8 Å². The molecule has 6 aromatic carbocycles. The van der Waals surface area contributed by atoms with Crippen molar-refractivity contribution in [3.8, 4) is 44.5 Å². The fraction of sp³-hybridized carbons (Fsp3) is 0.500. The van der Waals surface area contributed by atoms with Crippen molar-refractivity contribution >= 4 is 26.5 Å². The molecular formula is C72H104NiP2+2. The zero-order chi connectivity index (χ0) is 56.3. The molecule has 6 aromatic rings. The van der Waals surface area contributed by atoms with Gasteiger partial charge in [0.15, 0.2) is 0 Å². The van der Waals surface area contributed by atoms with Crippen LogP contribution in [0, 0.1) is 0 Å². The van der Waals surface area contributed by atoms with Crippen molar-refractivity contribution in [3.05, 3.63) is 154 Å².